The molecule has 0 aliphatic carbocycles. The Morgan fingerprint density at radius 3 is 2.36 bits per heavy atom. The first-order chi connectivity index (χ1) is 11.8. The zero-order valence-electron chi connectivity index (χ0n) is 13.3. The predicted molar refractivity (Wildman–Crippen MR) is 89.6 cm³/mol. The number of ether oxygens (including phenoxy) is 1. The molecule has 0 heterocycles. The van der Waals surface area contributed by atoms with E-state index >= 15 is 0 Å². The smallest absolute Gasteiger partial charge is 0.338 e. The van der Waals surface area contributed by atoms with E-state index in [9.17, 15) is 18.8 Å². The number of esters is 1. The van der Waals surface area contributed by atoms with Gasteiger partial charge in [0, 0.05) is 11.4 Å². The second kappa shape index (κ2) is 7.91. The Morgan fingerprint density at radius 2 is 1.72 bits per heavy atom. The molecule has 2 aromatic rings. The maximum atomic E-state index is 12.8. The molecule has 3 amide bonds. The summed E-state index contributed by atoms with van der Waals surface area (Å²) in [5.41, 5.74) is 5.86. The van der Waals surface area contributed by atoms with E-state index in [0.29, 0.717) is 11.4 Å². The Balaban J connectivity index is 1.98. The molecule has 0 fully saturated rings. The van der Waals surface area contributed by atoms with E-state index in [1.54, 1.807) is 6.07 Å². The number of nitrogens with one attached hydrogen (secondary N) is 2. The highest BCUT2D eigenvalue weighted by molar-refractivity contribution is 5.98. The number of urea groups is 1. The van der Waals surface area contributed by atoms with E-state index in [-0.39, 0.29) is 5.56 Å². The molecule has 130 valence electrons. The molecule has 8 heteroatoms. The monoisotopic (exact) mass is 345 g/mol. The molecule has 0 bridgehead atoms. The molecule has 0 aromatic heterocycles. The number of anilines is 2. The number of hydrogen-bond donors (Lipinski definition) is 3. The van der Waals surface area contributed by atoms with Gasteiger partial charge in [-0.15, -0.1) is 0 Å². The van der Waals surface area contributed by atoms with Crippen molar-refractivity contribution in [3.05, 3.63) is 59.9 Å². The van der Waals surface area contributed by atoms with Gasteiger partial charge in [-0.25, -0.2) is 14.0 Å². The fraction of sp³-hybridized carbons (Fsp3) is 0.118. The Kier molecular flexibility index (Phi) is 5.67. The van der Waals surface area contributed by atoms with Gasteiger partial charge in [0.1, 0.15) is 5.82 Å². The summed E-state index contributed by atoms with van der Waals surface area (Å²) in [5, 5.41) is 4.84. The lowest BCUT2D eigenvalue weighted by Crippen LogP contribution is -2.30. The van der Waals surface area contributed by atoms with Crippen molar-refractivity contribution in [2.75, 3.05) is 10.6 Å². The van der Waals surface area contributed by atoms with Crippen molar-refractivity contribution in [3.8, 4) is 0 Å². The predicted octanol–water partition coefficient (Wildman–Crippen LogP) is 2.50. The Labute approximate surface area is 143 Å². The average Bonchev–Trinajstić information content (AvgIpc) is 2.56. The lowest BCUT2D eigenvalue weighted by Gasteiger charge is -2.14. The Bertz CT molecular complexity index is 793. The molecule has 0 saturated carbocycles. The van der Waals surface area contributed by atoms with Crippen LogP contribution in [-0.2, 0) is 9.53 Å². The number of amides is 3. The number of primary amides is 1. The van der Waals surface area contributed by atoms with Crippen molar-refractivity contribution in [1.82, 2.24) is 0 Å². The van der Waals surface area contributed by atoms with Gasteiger partial charge in [-0.2, -0.15) is 0 Å². The molecule has 25 heavy (non-hydrogen) atoms. The van der Waals surface area contributed by atoms with Crippen LogP contribution < -0.4 is 16.4 Å². The van der Waals surface area contributed by atoms with Crippen LogP contribution in [0.2, 0.25) is 0 Å². The normalized spacial score (nSPS) is 11.3. The van der Waals surface area contributed by atoms with Crippen LogP contribution in [0.15, 0.2) is 48.5 Å². The van der Waals surface area contributed by atoms with Crippen LogP contribution in [-0.4, -0.2) is 24.0 Å². The maximum Gasteiger partial charge on any atom is 0.338 e. The van der Waals surface area contributed by atoms with Gasteiger partial charge in [-0.1, -0.05) is 6.07 Å². The SMILES string of the molecule is C[C@H](OC(=O)c1cccc(NC(N)=O)c1)C(=O)Nc1ccc(F)cc1. The van der Waals surface area contributed by atoms with E-state index in [1.165, 1.54) is 49.4 Å². The Hall–Kier alpha value is -3.42. The standard InChI is InChI=1S/C17H16FN3O4/c1-10(15(22)20-13-7-5-12(18)6-8-13)25-16(23)11-3-2-4-14(9-11)21-17(19)24/h2-10H,1H3,(H,20,22)(H3,19,21,24)/t10-/m0/s1. The fourth-order valence-corrected chi connectivity index (χ4v) is 1.93. The van der Waals surface area contributed by atoms with Gasteiger partial charge in [-0.05, 0) is 49.4 Å². The van der Waals surface area contributed by atoms with Crippen LogP contribution in [0.1, 0.15) is 17.3 Å². The fourth-order valence-electron chi connectivity index (χ4n) is 1.93. The number of halogens is 1. The first-order valence-corrected chi connectivity index (χ1v) is 7.29. The number of nitrogens with two attached hydrogens (primary N) is 1. The van der Waals surface area contributed by atoms with Crippen LogP contribution >= 0.6 is 0 Å². The molecule has 4 N–H and O–H groups in total. The minimum absolute atomic E-state index is 0.146. The van der Waals surface area contributed by atoms with Gasteiger partial charge >= 0.3 is 12.0 Å². The zero-order chi connectivity index (χ0) is 18.4. The third-order valence-corrected chi connectivity index (χ3v) is 3.13. The van der Waals surface area contributed by atoms with Crippen LogP contribution in [0, 0.1) is 5.82 Å². The van der Waals surface area contributed by atoms with Crippen LogP contribution in [0.3, 0.4) is 0 Å². The molecule has 7 nitrogen and oxygen atoms in total. The van der Waals surface area contributed by atoms with Crippen molar-refractivity contribution in [2.24, 2.45) is 5.73 Å². The summed E-state index contributed by atoms with van der Waals surface area (Å²) < 4.78 is 17.9. The van der Waals surface area contributed by atoms with Crippen molar-refractivity contribution < 1.29 is 23.5 Å². The molecule has 0 unspecified atom stereocenters. The maximum absolute atomic E-state index is 12.8. The second-order valence-corrected chi connectivity index (χ2v) is 5.11. The molecule has 0 aliphatic heterocycles. The van der Waals surface area contributed by atoms with Gasteiger partial charge < -0.3 is 21.1 Å². The zero-order valence-corrected chi connectivity index (χ0v) is 13.3. The van der Waals surface area contributed by atoms with Gasteiger partial charge in [0.05, 0.1) is 5.56 Å². The van der Waals surface area contributed by atoms with Crippen molar-refractivity contribution in [3.63, 3.8) is 0 Å². The third-order valence-electron chi connectivity index (χ3n) is 3.13. The van der Waals surface area contributed by atoms with E-state index in [1.807, 2.05) is 0 Å². The summed E-state index contributed by atoms with van der Waals surface area (Å²) in [4.78, 5) is 34.9. The van der Waals surface area contributed by atoms with Crippen LogP contribution in [0.4, 0.5) is 20.6 Å². The molecule has 2 rings (SSSR count). The summed E-state index contributed by atoms with van der Waals surface area (Å²) in [6.45, 7) is 1.41. The van der Waals surface area contributed by atoms with E-state index < -0.39 is 29.8 Å². The van der Waals surface area contributed by atoms with Gasteiger partial charge in [0.25, 0.3) is 5.91 Å². The van der Waals surface area contributed by atoms with Gasteiger partial charge in [0.2, 0.25) is 0 Å². The highest BCUT2D eigenvalue weighted by atomic mass is 19.1. The molecule has 1 atom stereocenters. The summed E-state index contributed by atoms with van der Waals surface area (Å²) in [5.74, 6) is -1.73. The number of rotatable bonds is 5. The minimum Gasteiger partial charge on any atom is -0.449 e. The number of benzene rings is 2. The number of carbonyl (C=O) groups excluding carboxylic acids is 3. The summed E-state index contributed by atoms with van der Waals surface area (Å²) in [7, 11) is 0. The molecule has 0 saturated heterocycles. The number of hydrogen-bond acceptors (Lipinski definition) is 4. The lowest BCUT2D eigenvalue weighted by atomic mass is 10.2. The minimum atomic E-state index is -1.08. The largest absolute Gasteiger partial charge is 0.449 e. The first kappa shape index (κ1) is 17.9. The van der Waals surface area contributed by atoms with Crippen molar-refractivity contribution in [2.45, 2.75) is 13.0 Å². The quantitative estimate of drug-likeness (QED) is 0.723. The molecular weight excluding hydrogens is 329 g/mol. The average molecular weight is 345 g/mol. The topological polar surface area (TPSA) is 111 Å². The Morgan fingerprint density at radius 1 is 1.04 bits per heavy atom. The van der Waals surface area contributed by atoms with Gasteiger partial charge in [0.15, 0.2) is 6.10 Å². The summed E-state index contributed by atoms with van der Waals surface area (Å²) in [6, 6.07) is 10.3. The number of carbonyl (C=O) groups is 3. The van der Waals surface area contributed by atoms with Crippen molar-refractivity contribution >= 4 is 29.3 Å². The second-order valence-electron chi connectivity index (χ2n) is 5.11. The van der Waals surface area contributed by atoms with Crippen LogP contribution in [0.5, 0.6) is 0 Å². The van der Waals surface area contributed by atoms with E-state index in [2.05, 4.69) is 10.6 Å². The third kappa shape index (κ3) is 5.31. The molecule has 2 aromatic carbocycles. The molecular formula is C17H16FN3O4. The summed E-state index contributed by atoms with van der Waals surface area (Å²) >= 11 is 0. The highest BCUT2D eigenvalue weighted by Crippen LogP contribution is 2.13. The van der Waals surface area contributed by atoms with Crippen LogP contribution in [0.25, 0.3) is 0 Å². The lowest BCUT2D eigenvalue weighted by molar-refractivity contribution is -0.123. The molecule has 0 aliphatic rings. The highest BCUT2D eigenvalue weighted by Gasteiger charge is 2.19. The summed E-state index contributed by atoms with van der Waals surface area (Å²) in [6.07, 6.45) is -1.08. The van der Waals surface area contributed by atoms with Gasteiger partial charge in [-0.3, -0.25) is 4.79 Å². The first-order valence-electron chi connectivity index (χ1n) is 7.29. The van der Waals surface area contributed by atoms with E-state index in [0.717, 1.165) is 0 Å². The van der Waals surface area contributed by atoms with Crippen molar-refractivity contribution in [1.29, 1.82) is 0 Å². The molecule has 0 radical (unpaired) electrons. The molecule has 0 spiro atoms. The van der Waals surface area contributed by atoms with E-state index in [4.69, 9.17) is 10.5 Å².